The van der Waals surface area contributed by atoms with Gasteiger partial charge in [0, 0.05) is 32.4 Å². The van der Waals surface area contributed by atoms with Crippen molar-refractivity contribution in [3.63, 3.8) is 0 Å². The molecule has 2 aromatic rings. The topological polar surface area (TPSA) is 77.5 Å². The van der Waals surface area contributed by atoms with Crippen molar-refractivity contribution in [3.8, 4) is 0 Å². The lowest BCUT2D eigenvalue weighted by Gasteiger charge is -2.30. The average molecular weight is 326 g/mol. The van der Waals surface area contributed by atoms with Crippen LogP contribution in [0.5, 0.6) is 0 Å². The number of hydrogen-bond acceptors (Lipinski definition) is 4. The van der Waals surface area contributed by atoms with Crippen LogP contribution in [0.2, 0.25) is 0 Å². The van der Waals surface area contributed by atoms with E-state index in [0.29, 0.717) is 12.2 Å². The minimum atomic E-state index is -0.602. The normalized spacial score (nSPS) is 15.4. The van der Waals surface area contributed by atoms with Crippen molar-refractivity contribution in [2.75, 3.05) is 25.0 Å². The van der Waals surface area contributed by atoms with E-state index in [1.54, 1.807) is 24.5 Å². The van der Waals surface area contributed by atoms with Crippen LogP contribution >= 0.6 is 0 Å². The summed E-state index contributed by atoms with van der Waals surface area (Å²) >= 11 is 0. The highest BCUT2D eigenvalue weighted by Gasteiger charge is 2.18. The van der Waals surface area contributed by atoms with Crippen molar-refractivity contribution in [1.29, 1.82) is 0 Å². The van der Waals surface area contributed by atoms with Crippen LogP contribution < -0.4 is 10.6 Å². The number of benzene rings is 1. The maximum Gasteiger partial charge on any atom is 0.319 e. The molecule has 1 atom stereocenters. The molecule has 0 fully saturated rings. The number of nitrogens with zero attached hydrogens (tertiary/aromatic N) is 2. The van der Waals surface area contributed by atoms with Gasteiger partial charge in [-0.3, -0.25) is 9.88 Å². The summed E-state index contributed by atoms with van der Waals surface area (Å²) in [5.41, 5.74) is 3.33. The van der Waals surface area contributed by atoms with E-state index in [1.165, 1.54) is 11.1 Å². The fourth-order valence-electron chi connectivity index (χ4n) is 2.90. The summed E-state index contributed by atoms with van der Waals surface area (Å²) in [5.74, 6) is 0. The van der Waals surface area contributed by atoms with Crippen LogP contribution in [0.4, 0.5) is 10.5 Å². The molecule has 1 aromatic carbocycles. The van der Waals surface area contributed by atoms with Crippen LogP contribution in [0.15, 0.2) is 48.8 Å². The lowest BCUT2D eigenvalue weighted by Crippen LogP contribution is -2.42. The zero-order valence-electron chi connectivity index (χ0n) is 13.5. The largest absolute Gasteiger partial charge is 0.390 e. The number of amides is 2. The molecular weight excluding hydrogens is 304 g/mol. The molecule has 0 unspecified atom stereocenters. The second kappa shape index (κ2) is 7.90. The van der Waals surface area contributed by atoms with Crippen LogP contribution in [0.25, 0.3) is 0 Å². The highest BCUT2D eigenvalue weighted by Crippen LogP contribution is 2.18. The molecule has 1 aromatic heterocycles. The maximum atomic E-state index is 11.8. The van der Waals surface area contributed by atoms with E-state index < -0.39 is 6.10 Å². The van der Waals surface area contributed by atoms with Crippen molar-refractivity contribution in [3.05, 3.63) is 59.9 Å². The smallest absolute Gasteiger partial charge is 0.319 e. The van der Waals surface area contributed by atoms with E-state index in [9.17, 15) is 9.90 Å². The second-order valence-corrected chi connectivity index (χ2v) is 5.98. The summed E-state index contributed by atoms with van der Waals surface area (Å²) in [7, 11) is 0. The number of aliphatic hydroxyl groups is 1. The first kappa shape index (κ1) is 16.4. The summed E-state index contributed by atoms with van der Waals surface area (Å²) in [6, 6.07) is 11.6. The summed E-state index contributed by atoms with van der Waals surface area (Å²) in [5, 5.41) is 15.5. The van der Waals surface area contributed by atoms with Gasteiger partial charge in [-0.05, 0) is 29.7 Å². The Morgan fingerprint density at radius 2 is 2.08 bits per heavy atom. The number of rotatable bonds is 5. The number of fused-ring (bicyclic) bond motifs is 1. The number of anilines is 1. The number of hydrogen-bond donors (Lipinski definition) is 3. The first-order valence-corrected chi connectivity index (χ1v) is 8.13. The zero-order valence-corrected chi connectivity index (χ0v) is 13.5. The molecule has 0 saturated carbocycles. The van der Waals surface area contributed by atoms with E-state index >= 15 is 0 Å². The Morgan fingerprint density at radius 1 is 1.25 bits per heavy atom. The summed E-state index contributed by atoms with van der Waals surface area (Å²) < 4.78 is 0. The van der Waals surface area contributed by atoms with Crippen molar-refractivity contribution in [1.82, 2.24) is 15.2 Å². The Labute approximate surface area is 141 Å². The van der Waals surface area contributed by atoms with Gasteiger partial charge >= 0.3 is 6.03 Å². The van der Waals surface area contributed by atoms with Gasteiger partial charge in [-0.25, -0.2) is 4.79 Å². The van der Waals surface area contributed by atoms with Crippen molar-refractivity contribution in [2.45, 2.75) is 19.1 Å². The van der Waals surface area contributed by atoms with E-state index in [0.717, 1.165) is 19.5 Å². The van der Waals surface area contributed by atoms with E-state index in [-0.39, 0.29) is 12.6 Å². The molecule has 6 heteroatoms. The molecule has 0 bridgehead atoms. The SMILES string of the molecule is O=C(NC[C@@H](O)CN1CCc2ccccc2C1)Nc1cccnc1. The van der Waals surface area contributed by atoms with Gasteiger partial charge < -0.3 is 15.7 Å². The fourth-order valence-corrected chi connectivity index (χ4v) is 2.90. The number of carbonyl (C=O) groups excluding carboxylic acids is 1. The number of carbonyl (C=O) groups is 1. The van der Waals surface area contributed by atoms with Crippen LogP contribution in [0.1, 0.15) is 11.1 Å². The van der Waals surface area contributed by atoms with E-state index in [4.69, 9.17) is 0 Å². The molecule has 24 heavy (non-hydrogen) atoms. The molecule has 0 spiro atoms. The van der Waals surface area contributed by atoms with Gasteiger partial charge in [0.25, 0.3) is 0 Å². The predicted molar refractivity (Wildman–Crippen MR) is 92.7 cm³/mol. The minimum Gasteiger partial charge on any atom is -0.390 e. The molecule has 0 aliphatic carbocycles. The molecule has 6 nitrogen and oxygen atoms in total. The number of β-amino-alcohol motifs (C(OH)–C–C–N with tert-alkyl or cyclic N) is 1. The van der Waals surface area contributed by atoms with Gasteiger partial charge in [-0.15, -0.1) is 0 Å². The molecule has 1 aliphatic heterocycles. The van der Waals surface area contributed by atoms with Gasteiger partial charge in [0.15, 0.2) is 0 Å². The van der Waals surface area contributed by atoms with Gasteiger partial charge in [0.05, 0.1) is 18.0 Å². The number of pyridine rings is 1. The number of aromatic nitrogens is 1. The molecule has 2 heterocycles. The number of nitrogens with one attached hydrogen (secondary N) is 2. The van der Waals surface area contributed by atoms with E-state index in [2.05, 4.69) is 38.7 Å². The Hall–Kier alpha value is -2.44. The average Bonchev–Trinajstić information content (AvgIpc) is 2.61. The van der Waals surface area contributed by atoms with E-state index in [1.807, 2.05) is 6.07 Å². The van der Waals surface area contributed by atoms with Crippen molar-refractivity contribution < 1.29 is 9.90 Å². The molecule has 2 amide bonds. The Kier molecular flexibility index (Phi) is 5.40. The van der Waals surface area contributed by atoms with Crippen molar-refractivity contribution in [2.24, 2.45) is 0 Å². The minimum absolute atomic E-state index is 0.213. The lowest BCUT2D eigenvalue weighted by molar-refractivity contribution is 0.106. The summed E-state index contributed by atoms with van der Waals surface area (Å²) in [6.07, 6.45) is 3.61. The summed E-state index contributed by atoms with van der Waals surface area (Å²) in [6.45, 7) is 2.52. The molecule has 1 aliphatic rings. The zero-order chi connectivity index (χ0) is 16.8. The third-order valence-electron chi connectivity index (χ3n) is 4.10. The first-order valence-electron chi connectivity index (χ1n) is 8.13. The number of urea groups is 1. The molecule has 3 rings (SSSR count). The maximum absolute atomic E-state index is 11.8. The van der Waals surface area contributed by atoms with Gasteiger partial charge in [0.2, 0.25) is 0 Å². The molecule has 126 valence electrons. The third kappa shape index (κ3) is 4.53. The van der Waals surface area contributed by atoms with Crippen LogP contribution in [-0.4, -0.2) is 46.8 Å². The highest BCUT2D eigenvalue weighted by atomic mass is 16.3. The predicted octanol–water partition coefficient (Wildman–Crippen LogP) is 1.62. The highest BCUT2D eigenvalue weighted by molar-refractivity contribution is 5.88. The Morgan fingerprint density at radius 3 is 2.88 bits per heavy atom. The van der Waals surface area contributed by atoms with Crippen LogP contribution in [0, 0.1) is 0 Å². The molecular formula is C18H22N4O2. The molecule has 3 N–H and O–H groups in total. The monoisotopic (exact) mass is 326 g/mol. The molecule has 0 radical (unpaired) electrons. The second-order valence-electron chi connectivity index (χ2n) is 5.98. The standard InChI is InChI=1S/C18H22N4O2/c23-17(11-20-18(24)21-16-6-3-8-19-10-16)13-22-9-7-14-4-1-2-5-15(14)12-22/h1-6,8,10,17,23H,7,9,11-13H2,(H2,20,21,24)/t17-/m1/s1. The lowest BCUT2D eigenvalue weighted by atomic mass is 10.00. The third-order valence-corrected chi connectivity index (χ3v) is 4.10. The van der Waals surface area contributed by atoms with Gasteiger partial charge in [-0.2, -0.15) is 0 Å². The van der Waals surface area contributed by atoms with Gasteiger partial charge in [-0.1, -0.05) is 24.3 Å². The fraction of sp³-hybridized carbons (Fsp3) is 0.333. The Bertz CT molecular complexity index is 678. The quantitative estimate of drug-likeness (QED) is 0.780. The van der Waals surface area contributed by atoms with Crippen LogP contribution in [0.3, 0.4) is 0 Å². The van der Waals surface area contributed by atoms with Crippen molar-refractivity contribution >= 4 is 11.7 Å². The number of aliphatic hydroxyl groups excluding tert-OH is 1. The van der Waals surface area contributed by atoms with Gasteiger partial charge in [0.1, 0.15) is 0 Å². The first-order chi connectivity index (χ1) is 11.7. The van der Waals surface area contributed by atoms with Crippen LogP contribution in [-0.2, 0) is 13.0 Å². The molecule has 0 saturated heterocycles. The summed E-state index contributed by atoms with van der Waals surface area (Å²) in [4.78, 5) is 17.9. The Balaban J connectivity index is 1.41.